The van der Waals surface area contributed by atoms with Gasteiger partial charge in [-0.05, 0) is 32.5 Å². The summed E-state index contributed by atoms with van der Waals surface area (Å²) < 4.78 is 0. The van der Waals surface area contributed by atoms with Gasteiger partial charge in [0.15, 0.2) is 0 Å². The van der Waals surface area contributed by atoms with Crippen molar-refractivity contribution in [2.24, 2.45) is 5.73 Å². The van der Waals surface area contributed by atoms with Crippen molar-refractivity contribution in [2.45, 2.75) is 26.2 Å². The van der Waals surface area contributed by atoms with Crippen LogP contribution >= 0.6 is 0 Å². The molecular formula is C11H28N4. The van der Waals surface area contributed by atoms with Crippen molar-refractivity contribution >= 4 is 0 Å². The molecule has 0 aliphatic rings. The molecule has 92 valence electrons. The van der Waals surface area contributed by atoms with Crippen LogP contribution in [0.25, 0.3) is 0 Å². The Bertz CT molecular complexity index is 96.8. The van der Waals surface area contributed by atoms with Gasteiger partial charge in [0.2, 0.25) is 0 Å². The summed E-state index contributed by atoms with van der Waals surface area (Å²) in [5.41, 5.74) is 5.38. The molecule has 4 nitrogen and oxygen atoms in total. The monoisotopic (exact) mass is 216 g/mol. The fourth-order valence-corrected chi connectivity index (χ4v) is 1.26. The van der Waals surface area contributed by atoms with Crippen LogP contribution in [0.3, 0.4) is 0 Å². The molecule has 4 heteroatoms. The largest absolute Gasteiger partial charge is 0.330 e. The summed E-state index contributed by atoms with van der Waals surface area (Å²) in [4.78, 5) is 0. The molecular weight excluding hydrogens is 188 g/mol. The SMILES string of the molecule is CCCCNCCNCCNCCCN. The fraction of sp³-hybridized carbons (Fsp3) is 1.00. The molecule has 0 aromatic heterocycles. The summed E-state index contributed by atoms with van der Waals surface area (Å²) in [5.74, 6) is 0. The highest BCUT2D eigenvalue weighted by atomic mass is 15.0. The molecule has 0 aromatic carbocycles. The lowest BCUT2D eigenvalue weighted by Gasteiger charge is -2.07. The van der Waals surface area contributed by atoms with Crippen LogP contribution in [-0.4, -0.2) is 45.8 Å². The molecule has 0 bridgehead atoms. The van der Waals surface area contributed by atoms with Crippen LogP contribution in [0.4, 0.5) is 0 Å². The van der Waals surface area contributed by atoms with Gasteiger partial charge in [-0.25, -0.2) is 0 Å². The molecule has 5 N–H and O–H groups in total. The van der Waals surface area contributed by atoms with E-state index in [2.05, 4.69) is 22.9 Å². The Morgan fingerprint density at radius 2 is 1.20 bits per heavy atom. The molecule has 0 amide bonds. The van der Waals surface area contributed by atoms with E-state index >= 15 is 0 Å². The van der Waals surface area contributed by atoms with Crippen molar-refractivity contribution in [1.29, 1.82) is 0 Å². The highest BCUT2D eigenvalue weighted by Crippen LogP contribution is 1.80. The predicted molar refractivity (Wildman–Crippen MR) is 67.2 cm³/mol. The first-order valence-electron chi connectivity index (χ1n) is 6.24. The van der Waals surface area contributed by atoms with Gasteiger partial charge in [0, 0.05) is 26.2 Å². The molecule has 0 rings (SSSR count). The Balaban J connectivity index is 2.81. The summed E-state index contributed by atoms with van der Waals surface area (Å²) in [5, 5.41) is 10.1. The van der Waals surface area contributed by atoms with E-state index in [9.17, 15) is 0 Å². The van der Waals surface area contributed by atoms with Gasteiger partial charge < -0.3 is 21.7 Å². The molecule has 0 heterocycles. The lowest BCUT2D eigenvalue weighted by atomic mass is 10.3. The zero-order chi connectivity index (χ0) is 11.2. The Kier molecular flexibility index (Phi) is 13.7. The Labute approximate surface area is 94.4 Å². The lowest BCUT2D eigenvalue weighted by Crippen LogP contribution is -2.33. The highest BCUT2D eigenvalue weighted by molar-refractivity contribution is 4.55. The number of unbranched alkanes of at least 4 members (excludes halogenated alkanes) is 1. The van der Waals surface area contributed by atoms with Crippen LogP contribution in [0.1, 0.15) is 26.2 Å². The van der Waals surface area contributed by atoms with E-state index in [1.165, 1.54) is 12.8 Å². The van der Waals surface area contributed by atoms with Crippen LogP contribution in [0, 0.1) is 0 Å². The van der Waals surface area contributed by atoms with E-state index in [0.717, 1.165) is 52.2 Å². The molecule has 0 atom stereocenters. The van der Waals surface area contributed by atoms with Gasteiger partial charge in [0.25, 0.3) is 0 Å². The van der Waals surface area contributed by atoms with Crippen LogP contribution in [-0.2, 0) is 0 Å². The van der Waals surface area contributed by atoms with Crippen LogP contribution in [0.15, 0.2) is 0 Å². The third kappa shape index (κ3) is 13.8. The highest BCUT2D eigenvalue weighted by Gasteiger charge is 1.88. The second kappa shape index (κ2) is 13.8. The molecule has 0 saturated heterocycles. The maximum Gasteiger partial charge on any atom is 0.00772 e. The van der Waals surface area contributed by atoms with E-state index in [1.54, 1.807) is 0 Å². The molecule has 0 unspecified atom stereocenters. The summed E-state index contributed by atoms with van der Waals surface area (Å²) in [6, 6.07) is 0. The van der Waals surface area contributed by atoms with Crippen molar-refractivity contribution in [1.82, 2.24) is 16.0 Å². The number of hydrogen-bond donors (Lipinski definition) is 4. The third-order valence-corrected chi connectivity index (χ3v) is 2.22. The number of nitrogens with one attached hydrogen (secondary N) is 3. The molecule has 0 radical (unpaired) electrons. The van der Waals surface area contributed by atoms with Crippen molar-refractivity contribution in [3.63, 3.8) is 0 Å². The standard InChI is InChI=1S/C11H28N4/c1-2-3-6-13-8-10-15-11-9-14-7-4-5-12/h13-15H,2-12H2,1H3. The summed E-state index contributed by atoms with van der Waals surface area (Å²) >= 11 is 0. The van der Waals surface area contributed by atoms with Gasteiger partial charge in [-0.2, -0.15) is 0 Å². The van der Waals surface area contributed by atoms with Crippen molar-refractivity contribution in [3.05, 3.63) is 0 Å². The minimum absolute atomic E-state index is 0.780. The maximum absolute atomic E-state index is 5.38. The average molecular weight is 216 g/mol. The van der Waals surface area contributed by atoms with Crippen molar-refractivity contribution < 1.29 is 0 Å². The summed E-state index contributed by atoms with van der Waals surface area (Å²) in [6.45, 7) is 9.38. The number of hydrogen-bond acceptors (Lipinski definition) is 4. The van der Waals surface area contributed by atoms with Gasteiger partial charge in [-0.3, -0.25) is 0 Å². The maximum atomic E-state index is 5.38. The lowest BCUT2D eigenvalue weighted by molar-refractivity contribution is 0.568. The Morgan fingerprint density at radius 1 is 0.733 bits per heavy atom. The van der Waals surface area contributed by atoms with Gasteiger partial charge in [-0.15, -0.1) is 0 Å². The fourth-order valence-electron chi connectivity index (χ4n) is 1.26. The second-order valence-electron chi connectivity index (χ2n) is 3.75. The molecule has 15 heavy (non-hydrogen) atoms. The molecule has 0 spiro atoms. The normalized spacial score (nSPS) is 10.8. The average Bonchev–Trinajstić information content (AvgIpc) is 2.26. The van der Waals surface area contributed by atoms with Gasteiger partial charge >= 0.3 is 0 Å². The first kappa shape index (κ1) is 14.8. The van der Waals surface area contributed by atoms with Gasteiger partial charge in [-0.1, -0.05) is 13.3 Å². The quantitative estimate of drug-likeness (QED) is 0.344. The zero-order valence-corrected chi connectivity index (χ0v) is 10.1. The minimum Gasteiger partial charge on any atom is -0.330 e. The first-order valence-corrected chi connectivity index (χ1v) is 6.24. The molecule has 0 aliphatic heterocycles. The van der Waals surface area contributed by atoms with Crippen LogP contribution < -0.4 is 21.7 Å². The number of rotatable bonds is 12. The van der Waals surface area contributed by atoms with E-state index in [4.69, 9.17) is 5.73 Å². The van der Waals surface area contributed by atoms with Gasteiger partial charge in [0.05, 0.1) is 0 Å². The summed E-state index contributed by atoms with van der Waals surface area (Å²) in [7, 11) is 0. The van der Waals surface area contributed by atoms with Crippen molar-refractivity contribution in [3.8, 4) is 0 Å². The van der Waals surface area contributed by atoms with E-state index in [0.29, 0.717) is 0 Å². The predicted octanol–water partition coefficient (Wildman–Crippen LogP) is -0.0959. The smallest absolute Gasteiger partial charge is 0.00772 e. The number of nitrogens with two attached hydrogens (primary N) is 1. The minimum atomic E-state index is 0.780. The van der Waals surface area contributed by atoms with Gasteiger partial charge in [0.1, 0.15) is 0 Å². The van der Waals surface area contributed by atoms with E-state index in [1.807, 2.05) is 0 Å². The topological polar surface area (TPSA) is 62.1 Å². The second-order valence-corrected chi connectivity index (χ2v) is 3.75. The Hall–Kier alpha value is -0.160. The van der Waals surface area contributed by atoms with E-state index < -0.39 is 0 Å². The molecule has 0 fully saturated rings. The zero-order valence-electron chi connectivity index (χ0n) is 10.1. The van der Waals surface area contributed by atoms with E-state index in [-0.39, 0.29) is 0 Å². The Morgan fingerprint density at radius 3 is 1.67 bits per heavy atom. The van der Waals surface area contributed by atoms with Crippen molar-refractivity contribution in [2.75, 3.05) is 45.8 Å². The summed E-state index contributed by atoms with van der Waals surface area (Å²) in [6.07, 6.45) is 3.62. The molecule has 0 saturated carbocycles. The van der Waals surface area contributed by atoms with Crippen LogP contribution in [0.5, 0.6) is 0 Å². The molecule has 0 aliphatic carbocycles. The van der Waals surface area contributed by atoms with Crippen LogP contribution in [0.2, 0.25) is 0 Å². The first-order chi connectivity index (χ1) is 7.41. The third-order valence-electron chi connectivity index (χ3n) is 2.22. The molecule has 0 aromatic rings.